The van der Waals surface area contributed by atoms with Gasteiger partial charge in [0.05, 0.1) is 6.54 Å². The van der Waals surface area contributed by atoms with Gasteiger partial charge in [0.15, 0.2) is 5.11 Å². The average Bonchev–Trinajstić information content (AvgIpc) is 3.01. The molecule has 0 radical (unpaired) electrons. The number of nitrogens with zero attached hydrogens (tertiary/aromatic N) is 3. The maximum Gasteiger partial charge on any atom is 0.248 e. The third-order valence-corrected chi connectivity index (χ3v) is 4.48. The van der Waals surface area contributed by atoms with Gasteiger partial charge in [0, 0.05) is 10.7 Å². The van der Waals surface area contributed by atoms with Crippen molar-refractivity contribution in [2.75, 3.05) is 10.6 Å². The van der Waals surface area contributed by atoms with Crippen molar-refractivity contribution in [2.45, 2.75) is 20.4 Å². The highest BCUT2D eigenvalue weighted by Gasteiger charge is 2.07. The molecule has 3 aromatic rings. The molecule has 0 bridgehead atoms. The van der Waals surface area contributed by atoms with E-state index in [0.717, 1.165) is 16.8 Å². The molecule has 0 aliphatic carbocycles. The van der Waals surface area contributed by atoms with Gasteiger partial charge in [-0.1, -0.05) is 41.9 Å². The lowest BCUT2D eigenvalue weighted by molar-refractivity contribution is 0.687. The van der Waals surface area contributed by atoms with Gasteiger partial charge in [-0.25, -0.2) is 9.67 Å². The molecule has 2 aromatic carbocycles. The van der Waals surface area contributed by atoms with Crippen molar-refractivity contribution in [1.82, 2.24) is 14.8 Å². The number of aromatic nitrogens is 3. The molecule has 0 amide bonds. The minimum atomic E-state index is 0.440. The lowest BCUT2D eigenvalue weighted by atomic mass is 10.1. The average molecular weight is 372 g/mol. The third-order valence-electron chi connectivity index (χ3n) is 3.90. The predicted octanol–water partition coefficient (Wildman–Crippen LogP) is 4.41. The lowest BCUT2D eigenvalue weighted by Gasteiger charge is -2.12. The SMILES string of the molecule is Cc1cccc(NC(=S)Nc2ncn(Cc3ccccc3Cl)n2)c1C. The fraction of sp³-hybridized carbons (Fsp3) is 0.167. The van der Waals surface area contributed by atoms with Crippen LogP contribution in [-0.2, 0) is 6.54 Å². The van der Waals surface area contributed by atoms with Crippen LogP contribution < -0.4 is 10.6 Å². The highest BCUT2D eigenvalue weighted by atomic mass is 35.5. The molecule has 5 nitrogen and oxygen atoms in total. The molecule has 25 heavy (non-hydrogen) atoms. The molecule has 7 heteroatoms. The molecule has 0 atom stereocenters. The highest BCUT2D eigenvalue weighted by molar-refractivity contribution is 7.80. The van der Waals surface area contributed by atoms with E-state index >= 15 is 0 Å². The van der Waals surface area contributed by atoms with Gasteiger partial charge < -0.3 is 5.32 Å². The minimum Gasteiger partial charge on any atom is -0.332 e. The van der Waals surface area contributed by atoms with Crippen LogP contribution >= 0.6 is 23.8 Å². The van der Waals surface area contributed by atoms with E-state index in [1.807, 2.05) is 36.4 Å². The second-order valence-electron chi connectivity index (χ2n) is 5.68. The molecule has 0 saturated heterocycles. The van der Waals surface area contributed by atoms with Crippen LogP contribution in [0.5, 0.6) is 0 Å². The van der Waals surface area contributed by atoms with E-state index in [0.29, 0.717) is 22.6 Å². The Hall–Kier alpha value is -2.44. The first kappa shape index (κ1) is 17.4. The second-order valence-corrected chi connectivity index (χ2v) is 6.50. The molecule has 0 aliphatic heterocycles. The molecule has 0 spiro atoms. The maximum atomic E-state index is 6.18. The van der Waals surface area contributed by atoms with Gasteiger partial charge in [0.2, 0.25) is 5.95 Å². The monoisotopic (exact) mass is 371 g/mol. The van der Waals surface area contributed by atoms with E-state index in [1.54, 1.807) is 11.0 Å². The normalized spacial score (nSPS) is 10.5. The summed E-state index contributed by atoms with van der Waals surface area (Å²) in [6.07, 6.45) is 1.65. The second kappa shape index (κ2) is 7.63. The van der Waals surface area contributed by atoms with E-state index in [4.69, 9.17) is 23.8 Å². The van der Waals surface area contributed by atoms with E-state index in [9.17, 15) is 0 Å². The largest absolute Gasteiger partial charge is 0.332 e. The molecular weight excluding hydrogens is 354 g/mol. The first-order valence-electron chi connectivity index (χ1n) is 7.80. The Kier molecular flexibility index (Phi) is 5.31. The van der Waals surface area contributed by atoms with E-state index < -0.39 is 0 Å². The van der Waals surface area contributed by atoms with Gasteiger partial charge in [-0.15, -0.1) is 5.10 Å². The summed E-state index contributed by atoms with van der Waals surface area (Å²) in [6, 6.07) is 13.7. The first-order valence-corrected chi connectivity index (χ1v) is 8.58. The van der Waals surface area contributed by atoms with Crippen molar-refractivity contribution in [3.05, 3.63) is 70.5 Å². The van der Waals surface area contributed by atoms with Crippen LogP contribution in [0.1, 0.15) is 16.7 Å². The summed E-state index contributed by atoms with van der Waals surface area (Å²) in [4.78, 5) is 4.23. The molecule has 2 N–H and O–H groups in total. The Balaban J connectivity index is 1.64. The van der Waals surface area contributed by atoms with Crippen LogP contribution in [0.15, 0.2) is 48.8 Å². The summed E-state index contributed by atoms with van der Waals surface area (Å²) in [5.41, 5.74) is 4.31. The predicted molar refractivity (Wildman–Crippen MR) is 106 cm³/mol. The molecule has 0 fully saturated rings. The molecule has 1 heterocycles. The van der Waals surface area contributed by atoms with Gasteiger partial charge in [-0.2, -0.15) is 0 Å². The summed E-state index contributed by atoms with van der Waals surface area (Å²) >= 11 is 11.5. The smallest absolute Gasteiger partial charge is 0.248 e. The molecule has 0 unspecified atom stereocenters. The maximum absolute atomic E-state index is 6.18. The molecule has 0 aliphatic rings. The van der Waals surface area contributed by atoms with Crippen molar-refractivity contribution in [1.29, 1.82) is 0 Å². The summed E-state index contributed by atoms with van der Waals surface area (Å²) in [5.74, 6) is 0.440. The Morgan fingerprint density at radius 3 is 2.72 bits per heavy atom. The van der Waals surface area contributed by atoms with Crippen molar-refractivity contribution in [3.8, 4) is 0 Å². The number of benzene rings is 2. The zero-order valence-corrected chi connectivity index (χ0v) is 15.5. The van der Waals surface area contributed by atoms with Gasteiger partial charge in [0.1, 0.15) is 6.33 Å². The fourth-order valence-corrected chi connectivity index (χ4v) is 2.77. The third kappa shape index (κ3) is 4.35. The molecule has 0 saturated carbocycles. The quantitative estimate of drug-likeness (QED) is 0.665. The van der Waals surface area contributed by atoms with Crippen LogP contribution in [0.2, 0.25) is 5.02 Å². The van der Waals surface area contributed by atoms with Gasteiger partial charge in [-0.05, 0) is 54.9 Å². The number of thiocarbonyl (C=S) groups is 1. The van der Waals surface area contributed by atoms with Crippen LogP contribution in [0.25, 0.3) is 0 Å². The fourth-order valence-electron chi connectivity index (χ4n) is 2.37. The number of rotatable bonds is 4. The summed E-state index contributed by atoms with van der Waals surface area (Å²) < 4.78 is 1.71. The number of aryl methyl sites for hydroxylation is 1. The van der Waals surface area contributed by atoms with Crippen LogP contribution in [0, 0.1) is 13.8 Å². The van der Waals surface area contributed by atoms with Crippen molar-refractivity contribution in [3.63, 3.8) is 0 Å². The summed E-state index contributed by atoms with van der Waals surface area (Å²) in [5, 5.41) is 11.7. The van der Waals surface area contributed by atoms with Crippen LogP contribution in [0.3, 0.4) is 0 Å². The molecule has 1 aromatic heterocycles. The minimum absolute atomic E-state index is 0.440. The van der Waals surface area contributed by atoms with Crippen molar-refractivity contribution in [2.24, 2.45) is 0 Å². The van der Waals surface area contributed by atoms with Crippen molar-refractivity contribution < 1.29 is 0 Å². The molecule has 3 rings (SSSR count). The topological polar surface area (TPSA) is 54.8 Å². The Bertz CT molecular complexity index is 906. The zero-order chi connectivity index (χ0) is 17.8. The van der Waals surface area contributed by atoms with E-state index in [-0.39, 0.29) is 0 Å². The number of halogens is 1. The molecular formula is C18H18ClN5S. The lowest BCUT2D eigenvalue weighted by Crippen LogP contribution is -2.20. The Morgan fingerprint density at radius 1 is 1.12 bits per heavy atom. The summed E-state index contributed by atoms with van der Waals surface area (Å²) in [6.45, 7) is 4.66. The van der Waals surface area contributed by atoms with Crippen molar-refractivity contribution >= 4 is 40.6 Å². The van der Waals surface area contributed by atoms with E-state index in [2.05, 4.69) is 40.6 Å². The summed E-state index contributed by atoms with van der Waals surface area (Å²) in [7, 11) is 0. The molecule has 128 valence electrons. The Labute approximate surface area is 157 Å². The Morgan fingerprint density at radius 2 is 1.92 bits per heavy atom. The highest BCUT2D eigenvalue weighted by Crippen LogP contribution is 2.18. The standard InChI is InChI=1S/C18H18ClN5S/c1-12-6-5-9-16(13(12)2)21-18(25)22-17-20-11-24(23-17)10-14-7-3-4-8-15(14)19/h3-9,11H,10H2,1-2H3,(H2,21,22,23,25). The first-order chi connectivity index (χ1) is 12.0. The number of nitrogens with one attached hydrogen (secondary N) is 2. The van der Waals surface area contributed by atoms with Crippen LogP contribution in [0.4, 0.5) is 11.6 Å². The number of hydrogen-bond acceptors (Lipinski definition) is 3. The van der Waals surface area contributed by atoms with Crippen LogP contribution in [-0.4, -0.2) is 19.9 Å². The van der Waals surface area contributed by atoms with Gasteiger partial charge >= 0.3 is 0 Å². The van der Waals surface area contributed by atoms with Gasteiger partial charge in [-0.3, -0.25) is 5.32 Å². The number of anilines is 2. The van der Waals surface area contributed by atoms with Gasteiger partial charge in [0.25, 0.3) is 0 Å². The zero-order valence-electron chi connectivity index (χ0n) is 14.0. The van der Waals surface area contributed by atoms with E-state index in [1.165, 1.54) is 5.56 Å². The number of hydrogen-bond donors (Lipinski definition) is 2.